The van der Waals surface area contributed by atoms with Gasteiger partial charge in [0.2, 0.25) is 0 Å². The summed E-state index contributed by atoms with van der Waals surface area (Å²) in [6, 6.07) is 4.32. The number of hydrogen-bond donors (Lipinski definition) is 2. The molecule has 2 atom stereocenters. The third-order valence-corrected chi connectivity index (χ3v) is 3.51. The van der Waals surface area contributed by atoms with Crippen LogP contribution in [0.4, 0.5) is 5.82 Å². The molecule has 2 unspecified atom stereocenters. The number of anilines is 1. The van der Waals surface area contributed by atoms with Crippen LogP contribution >= 0.6 is 0 Å². The maximum absolute atomic E-state index is 5.91. The summed E-state index contributed by atoms with van der Waals surface area (Å²) in [6.07, 6.45) is 5.60. The first-order valence-corrected chi connectivity index (χ1v) is 6.73. The Morgan fingerprint density at radius 2 is 2.33 bits per heavy atom. The third-order valence-electron chi connectivity index (χ3n) is 3.51. The lowest BCUT2D eigenvalue weighted by Gasteiger charge is -2.27. The second kappa shape index (κ2) is 6.16. The zero-order valence-corrected chi connectivity index (χ0v) is 11.2. The van der Waals surface area contributed by atoms with Gasteiger partial charge in [-0.05, 0) is 56.8 Å². The maximum atomic E-state index is 5.91. The van der Waals surface area contributed by atoms with Crippen molar-refractivity contribution in [3.8, 4) is 0 Å². The number of likely N-dealkylation sites (N-methyl/N-ethyl adjacent to an activating group) is 1. The van der Waals surface area contributed by atoms with Crippen molar-refractivity contribution in [1.82, 2.24) is 10.3 Å². The van der Waals surface area contributed by atoms with E-state index in [4.69, 9.17) is 10.5 Å². The van der Waals surface area contributed by atoms with E-state index in [2.05, 4.69) is 17.2 Å². The van der Waals surface area contributed by atoms with Crippen molar-refractivity contribution in [1.29, 1.82) is 0 Å². The van der Waals surface area contributed by atoms with Crippen molar-refractivity contribution < 1.29 is 4.74 Å². The van der Waals surface area contributed by atoms with Crippen LogP contribution in [0.25, 0.3) is 0 Å². The molecule has 100 valence electrons. The Balaban J connectivity index is 2.03. The van der Waals surface area contributed by atoms with E-state index >= 15 is 0 Å². The molecule has 4 heteroatoms. The molecule has 18 heavy (non-hydrogen) atoms. The van der Waals surface area contributed by atoms with Gasteiger partial charge in [-0.3, -0.25) is 0 Å². The van der Waals surface area contributed by atoms with Gasteiger partial charge in [-0.25, -0.2) is 4.98 Å². The van der Waals surface area contributed by atoms with Gasteiger partial charge < -0.3 is 15.8 Å². The highest BCUT2D eigenvalue weighted by molar-refractivity contribution is 5.32. The van der Waals surface area contributed by atoms with Crippen LogP contribution in [0.15, 0.2) is 18.3 Å². The average Bonchev–Trinajstić information content (AvgIpc) is 3.18. The van der Waals surface area contributed by atoms with Gasteiger partial charge in [0.05, 0.1) is 6.10 Å². The number of nitrogens with one attached hydrogen (secondary N) is 1. The standard InChI is InChI=1S/C14H23N3O/c1-3-18-14(11-4-5-11)12(16-2)8-10-6-7-17-13(15)9-10/h6-7,9,11-12,14,16H,3-5,8H2,1-2H3,(H2,15,17). The summed E-state index contributed by atoms with van der Waals surface area (Å²) in [5, 5.41) is 3.39. The minimum absolute atomic E-state index is 0.314. The lowest BCUT2D eigenvalue weighted by Crippen LogP contribution is -2.42. The highest BCUT2D eigenvalue weighted by Gasteiger charge is 2.36. The van der Waals surface area contributed by atoms with Crippen molar-refractivity contribution in [2.75, 3.05) is 19.4 Å². The van der Waals surface area contributed by atoms with Gasteiger partial charge in [-0.15, -0.1) is 0 Å². The van der Waals surface area contributed by atoms with Crippen molar-refractivity contribution in [2.24, 2.45) is 5.92 Å². The minimum Gasteiger partial charge on any atom is -0.384 e. The predicted molar refractivity (Wildman–Crippen MR) is 73.3 cm³/mol. The summed E-state index contributed by atoms with van der Waals surface area (Å²) in [4.78, 5) is 4.03. The normalized spacial score (nSPS) is 18.6. The van der Waals surface area contributed by atoms with Crippen molar-refractivity contribution in [2.45, 2.75) is 38.3 Å². The Hall–Kier alpha value is -1.13. The summed E-state index contributed by atoms with van der Waals surface area (Å²) in [6.45, 7) is 2.84. The van der Waals surface area contributed by atoms with Gasteiger partial charge in [-0.1, -0.05) is 0 Å². The molecular weight excluding hydrogens is 226 g/mol. The lowest BCUT2D eigenvalue weighted by atomic mass is 9.99. The Morgan fingerprint density at radius 3 is 2.89 bits per heavy atom. The molecule has 1 aliphatic carbocycles. The molecule has 1 heterocycles. The molecule has 1 aromatic heterocycles. The molecular formula is C14H23N3O. The van der Waals surface area contributed by atoms with Gasteiger partial charge in [0.15, 0.2) is 0 Å². The van der Waals surface area contributed by atoms with E-state index < -0.39 is 0 Å². The number of ether oxygens (including phenoxy) is 1. The van der Waals surface area contributed by atoms with Crippen LogP contribution in [0, 0.1) is 5.92 Å². The molecule has 1 aliphatic rings. The number of hydrogen-bond acceptors (Lipinski definition) is 4. The topological polar surface area (TPSA) is 60.2 Å². The van der Waals surface area contributed by atoms with Gasteiger partial charge >= 0.3 is 0 Å². The highest BCUT2D eigenvalue weighted by atomic mass is 16.5. The molecule has 1 aromatic rings. The zero-order valence-electron chi connectivity index (χ0n) is 11.2. The average molecular weight is 249 g/mol. The fourth-order valence-electron chi connectivity index (χ4n) is 2.46. The van der Waals surface area contributed by atoms with Crippen molar-refractivity contribution in [3.05, 3.63) is 23.9 Å². The second-order valence-electron chi connectivity index (χ2n) is 4.95. The van der Waals surface area contributed by atoms with Crippen molar-refractivity contribution >= 4 is 5.82 Å². The van der Waals surface area contributed by atoms with Crippen LogP contribution in [-0.2, 0) is 11.2 Å². The summed E-state index contributed by atoms with van der Waals surface area (Å²) in [7, 11) is 2.00. The van der Waals surface area contributed by atoms with Crippen LogP contribution in [0.5, 0.6) is 0 Å². The molecule has 0 saturated heterocycles. The molecule has 0 aromatic carbocycles. The molecule has 0 aliphatic heterocycles. The van der Waals surface area contributed by atoms with Crippen LogP contribution in [0.2, 0.25) is 0 Å². The summed E-state index contributed by atoms with van der Waals surface area (Å²) in [5.74, 6) is 1.31. The van der Waals surface area contributed by atoms with Gasteiger partial charge in [0.25, 0.3) is 0 Å². The fraction of sp³-hybridized carbons (Fsp3) is 0.643. The molecule has 3 N–H and O–H groups in total. The van der Waals surface area contributed by atoms with Crippen molar-refractivity contribution in [3.63, 3.8) is 0 Å². The number of aromatic nitrogens is 1. The Bertz CT molecular complexity index is 379. The highest BCUT2D eigenvalue weighted by Crippen LogP contribution is 2.36. The monoisotopic (exact) mass is 249 g/mol. The Morgan fingerprint density at radius 1 is 1.56 bits per heavy atom. The largest absolute Gasteiger partial charge is 0.384 e. The SMILES string of the molecule is CCOC(C1CC1)C(Cc1ccnc(N)c1)NC. The number of nitrogens with zero attached hydrogens (tertiary/aromatic N) is 1. The second-order valence-corrected chi connectivity index (χ2v) is 4.95. The van der Waals surface area contributed by atoms with Crippen LogP contribution in [0.1, 0.15) is 25.3 Å². The van der Waals surface area contributed by atoms with E-state index in [0.717, 1.165) is 18.9 Å². The molecule has 0 amide bonds. The summed E-state index contributed by atoms with van der Waals surface area (Å²) < 4.78 is 5.91. The molecule has 4 nitrogen and oxygen atoms in total. The number of rotatable bonds is 7. The zero-order chi connectivity index (χ0) is 13.0. The van der Waals surface area contributed by atoms with Gasteiger partial charge in [-0.2, -0.15) is 0 Å². The first-order chi connectivity index (χ1) is 8.74. The number of nitrogen functional groups attached to an aromatic ring is 1. The predicted octanol–water partition coefficient (Wildman–Crippen LogP) is 1.61. The van der Waals surface area contributed by atoms with Gasteiger partial charge in [0, 0.05) is 18.8 Å². The lowest BCUT2D eigenvalue weighted by molar-refractivity contribution is 0.0211. The smallest absolute Gasteiger partial charge is 0.123 e. The molecule has 2 rings (SSSR count). The van der Waals surface area contributed by atoms with Crippen LogP contribution in [0.3, 0.4) is 0 Å². The van der Waals surface area contributed by atoms with Crippen LogP contribution in [-0.4, -0.2) is 30.8 Å². The molecule has 0 spiro atoms. The first kappa shape index (κ1) is 13.3. The fourth-order valence-corrected chi connectivity index (χ4v) is 2.46. The summed E-state index contributed by atoms with van der Waals surface area (Å²) in [5.41, 5.74) is 6.93. The molecule has 1 fully saturated rings. The van der Waals surface area contributed by atoms with E-state index in [-0.39, 0.29) is 0 Å². The molecule has 0 bridgehead atoms. The van der Waals surface area contributed by atoms with Crippen LogP contribution < -0.4 is 11.1 Å². The Kier molecular flexibility index (Phi) is 4.55. The third kappa shape index (κ3) is 3.43. The van der Waals surface area contributed by atoms with E-state index in [0.29, 0.717) is 18.0 Å². The summed E-state index contributed by atoms with van der Waals surface area (Å²) >= 11 is 0. The minimum atomic E-state index is 0.314. The maximum Gasteiger partial charge on any atom is 0.123 e. The Labute approximate surface area is 109 Å². The molecule has 1 saturated carbocycles. The van der Waals surface area contributed by atoms with Gasteiger partial charge in [0.1, 0.15) is 5.82 Å². The van der Waals surface area contributed by atoms with E-state index in [1.165, 1.54) is 18.4 Å². The van der Waals surface area contributed by atoms with E-state index in [1.807, 2.05) is 19.2 Å². The number of pyridine rings is 1. The first-order valence-electron chi connectivity index (χ1n) is 6.73. The molecule has 0 radical (unpaired) electrons. The quantitative estimate of drug-likeness (QED) is 0.770. The number of nitrogens with two attached hydrogens (primary N) is 1. The van der Waals surface area contributed by atoms with E-state index in [9.17, 15) is 0 Å². The van der Waals surface area contributed by atoms with E-state index in [1.54, 1.807) is 6.20 Å².